The van der Waals surface area contributed by atoms with Gasteiger partial charge in [-0.1, -0.05) is 6.07 Å². The zero-order valence-corrected chi connectivity index (χ0v) is 16.0. The Morgan fingerprint density at radius 2 is 1.92 bits per heavy atom. The highest BCUT2D eigenvalue weighted by molar-refractivity contribution is 9.10. The summed E-state index contributed by atoms with van der Waals surface area (Å²) in [5.41, 5.74) is 0.607. The number of nitrogens with zero attached hydrogens (tertiary/aromatic N) is 3. The number of ether oxygens (including phenoxy) is 1. The minimum absolute atomic E-state index is 0.234. The van der Waals surface area contributed by atoms with Gasteiger partial charge in [0.25, 0.3) is 0 Å². The van der Waals surface area contributed by atoms with Gasteiger partial charge in [0.15, 0.2) is 0 Å². The molecule has 0 bridgehead atoms. The number of benzene rings is 1. The highest BCUT2D eigenvalue weighted by Crippen LogP contribution is 2.28. The van der Waals surface area contributed by atoms with Crippen LogP contribution in [0.5, 0.6) is 5.75 Å². The molecule has 0 spiro atoms. The average molecular weight is 426 g/mol. The van der Waals surface area contributed by atoms with E-state index in [0.717, 1.165) is 42.8 Å². The summed E-state index contributed by atoms with van der Waals surface area (Å²) in [5.74, 6) is 2.06. The number of hydrogen-bond donors (Lipinski definition) is 0. The molecule has 3 rings (SSSR count). The SMILES string of the molecule is FC(F)Cc1ccc(OCC2CCN(Cc3ncccn3)CC2)c(Br)c1. The number of piperidine rings is 1. The zero-order valence-electron chi connectivity index (χ0n) is 14.5. The predicted octanol–water partition coefficient (Wildman–Crippen LogP) is 4.34. The van der Waals surface area contributed by atoms with Crippen LogP contribution in [-0.2, 0) is 13.0 Å². The Hall–Kier alpha value is -1.60. The maximum Gasteiger partial charge on any atom is 0.242 e. The highest BCUT2D eigenvalue weighted by Gasteiger charge is 2.20. The third-order valence-corrected chi connectivity index (χ3v) is 5.17. The van der Waals surface area contributed by atoms with Crippen LogP contribution in [0.2, 0.25) is 0 Å². The largest absolute Gasteiger partial charge is 0.492 e. The van der Waals surface area contributed by atoms with Crippen molar-refractivity contribution in [2.24, 2.45) is 5.92 Å². The third-order valence-electron chi connectivity index (χ3n) is 4.55. The smallest absolute Gasteiger partial charge is 0.242 e. The number of alkyl halides is 2. The monoisotopic (exact) mass is 425 g/mol. The molecule has 0 radical (unpaired) electrons. The summed E-state index contributed by atoms with van der Waals surface area (Å²) < 4.78 is 31.6. The van der Waals surface area contributed by atoms with E-state index in [-0.39, 0.29) is 6.42 Å². The first-order valence-corrected chi connectivity index (χ1v) is 9.57. The lowest BCUT2D eigenvalue weighted by Crippen LogP contribution is -2.35. The molecule has 2 aromatic rings. The first-order chi connectivity index (χ1) is 12.6. The topological polar surface area (TPSA) is 38.2 Å². The minimum Gasteiger partial charge on any atom is -0.492 e. The lowest BCUT2D eigenvalue weighted by molar-refractivity contribution is 0.134. The van der Waals surface area contributed by atoms with E-state index in [1.807, 2.05) is 6.07 Å². The number of aromatic nitrogens is 2. The number of likely N-dealkylation sites (tertiary alicyclic amines) is 1. The van der Waals surface area contributed by atoms with Crippen LogP contribution in [0.4, 0.5) is 8.78 Å². The Morgan fingerprint density at radius 1 is 1.19 bits per heavy atom. The van der Waals surface area contributed by atoms with Crippen molar-refractivity contribution < 1.29 is 13.5 Å². The molecule has 0 amide bonds. The fourth-order valence-electron chi connectivity index (χ4n) is 3.10. The van der Waals surface area contributed by atoms with E-state index in [4.69, 9.17) is 4.74 Å². The first kappa shape index (κ1) is 19.2. The molecule has 1 aromatic heterocycles. The average Bonchev–Trinajstić information content (AvgIpc) is 2.63. The molecule has 1 saturated heterocycles. The molecular weight excluding hydrogens is 404 g/mol. The molecule has 4 nitrogen and oxygen atoms in total. The zero-order chi connectivity index (χ0) is 18.4. The van der Waals surface area contributed by atoms with Gasteiger partial charge in [-0.3, -0.25) is 4.90 Å². The molecule has 1 aromatic carbocycles. The number of hydrogen-bond acceptors (Lipinski definition) is 4. The van der Waals surface area contributed by atoms with Crippen LogP contribution in [0.15, 0.2) is 41.1 Å². The van der Waals surface area contributed by atoms with Crippen LogP contribution in [0.25, 0.3) is 0 Å². The Labute approximate surface area is 160 Å². The lowest BCUT2D eigenvalue weighted by atomic mass is 9.98. The van der Waals surface area contributed by atoms with Gasteiger partial charge in [-0.15, -0.1) is 0 Å². The van der Waals surface area contributed by atoms with Crippen molar-refractivity contribution in [3.05, 3.63) is 52.5 Å². The third kappa shape index (κ3) is 5.71. The van der Waals surface area contributed by atoms with Crippen LogP contribution in [-0.4, -0.2) is 41.0 Å². The van der Waals surface area contributed by atoms with Crippen molar-refractivity contribution in [2.75, 3.05) is 19.7 Å². The first-order valence-electron chi connectivity index (χ1n) is 8.78. The summed E-state index contributed by atoms with van der Waals surface area (Å²) in [4.78, 5) is 10.9. The second-order valence-electron chi connectivity index (χ2n) is 6.56. The van der Waals surface area contributed by atoms with Gasteiger partial charge < -0.3 is 4.74 Å². The van der Waals surface area contributed by atoms with Crippen molar-refractivity contribution in [1.29, 1.82) is 0 Å². The van der Waals surface area contributed by atoms with Crippen molar-refractivity contribution in [3.63, 3.8) is 0 Å². The van der Waals surface area contributed by atoms with Crippen LogP contribution >= 0.6 is 15.9 Å². The molecule has 1 fully saturated rings. The molecule has 0 saturated carbocycles. The summed E-state index contributed by atoms with van der Waals surface area (Å²) in [5, 5.41) is 0. The molecular formula is C19H22BrF2N3O. The van der Waals surface area contributed by atoms with Crippen molar-refractivity contribution in [3.8, 4) is 5.75 Å². The van der Waals surface area contributed by atoms with Crippen LogP contribution in [0, 0.1) is 5.92 Å². The summed E-state index contributed by atoms with van der Waals surface area (Å²) in [6, 6.07) is 7.01. The van der Waals surface area contributed by atoms with Gasteiger partial charge in [0.2, 0.25) is 6.43 Å². The molecule has 7 heteroatoms. The Balaban J connectivity index is 1.43. The number of rotatable bonds is 7. The molecule has 2 heterocycles. The van der Waals surface area contributed by atoms with E-state index in [0.29, 0.717) is 23.8 Å². The maximum absolute atomic E-state index is 12.5. The fraction of sp³-hybridized carbons (Fsp3) is 0.474. The van der Waals surface area contributed by atoms with Gasteiger partial charge in [0.1, 0.15) is 11.6 Å². The summed E-state index contributed by atoms with van der Waals surface area (Å²) in [6.07, 6.45) is 3.10. The van der Waals surface area contributed by atoms with Gasteiger partial charge in [-0.2, -0.15) is 0 Å². The van der Waals surface area contributed by atoms with Gasteiger partial charge in [0.05, 0.1) is 17.6 Å². The lowest BCUT2D eigenvalue weighted by Gasteiger charge is -2.31. The highest BCUT2D eigenvalue weighted by atomic mass is 79.9. The minimum atomic E-state index is -2.33. The standard InChI is InChI=1S/C19H22BrF2N3O/c20-16-10-15(11-18(21)22)2-3-17(16)26-13-14-4-8-25(9-5-14)12-19-23-6-1-7-24-19/h1-3,6-7,10,14,18H,4-5,8-9,11-13H2. The molecule has 0 atom stereocenters. The Morgan fingerprint density at radius 3 is 2.58 bits per heavy atom. The Kier molecular flexibility index (Phi) is 6.91. The molecule has 0 aliphatic carbocycles. The normalized spacial score (nSPS) is 16.2. The van der Waals surface area contributed by atoms with E-state index in [1.165, 1.54) is 0 Å². The predicted molar refractivity (Wildman–Crippen MR) is 99.4 cm³/mol. The van der Waals surface area contributed by atoms with Gasteiger partial charge in [-0.25, -0.2) is 18.7 Å². The van der Waals surface area contributed by atoms with Gasteiger partial charge >= 0.3 is 0 Å². The quantitative estimate of drug-likeness (QED) is 0.661. The van der Waals surface area contributed by atoms with Crippen LogP contribution < -0.4 is 4.74 Å². The number of halogens is 3. The van der Waals surface area contributed by atoms with E-state index < -0.39 is 6.43 Å². The molecule has 0 N–H and O–H groups in total. The van der Waals surface area contributed by atoms with E-state index in [9.17, 15) is 8.78 Å². The molecule has 1 aliphatic rings. The second-order valence-corrected chi connectivity index (χ2v) is 7.41. The van der Waals surface area contributed by atoms with Crippen LogP contribution in [0.1, 0.15) is 24.2 Å². The van der Waals surface area contributed by atoms with E-state index in [2.05, 4.69) is 30.8 Å². The van der Waals surface area contributed by atoms with Crippen molar-refractivity contribution in [1.82, 2.24) is 14.9 Å². The van der Waals surface area contributed by atoms with Crippen molar-refractivity contribution in [2.45, 2.75) is 32.2 Å². The van der Waals surface area contributed by atoms with Crippen molar-refractivity contribution >= 4 is 15.9 Å². The van der Waals surface area contributed by atoms with E-state index >= 15 is 0 Å². The van der Waals surface area contributed by atoms with Gasteiger partial charge in [-0.05, 0) is 71.5 Å². The summed E-state index contributed by atoms with van der Waals surface area (Å²) >= 11 is 3.42. The molecule has 0 unspecified atom stereocenters. The molecule has 26 heavy (non-hydrogen) atoms. The fourth-order valence-corrected chi connectivity index (χ4v) is 3.64. The Bertz CT molecular complexity index is 694. The van der Waals surface area contributed by atoms with Crippen LogP contribution in [0.3, 0.4) is 0 Å². The van der Waals surface area contributed by atoms with Gasteiger partial charge in [0, 0.05) is 18.8 Å². The molecule has 1 aliphatic heterocycles. The van der Waals surface area contributed by atoms with E-state index in [1.54, 1.807) is 30.6 Å². The summed E-state index contributed by atoms with van der Waals surface area (Å²) in [7, 11) is 0. The molecule has 140 valence electrons. The summed E-state index contributed by atoms with van der Waals surface area (Å²) in [6.45, 7) is 3.43. The second kappa shape index (κ2) is 9.37. The maximum atomic E-state index is 12.5.